The fourth-order valence-corrected chi connectivity index (χ4v) is 2.15. The Kier molecular flexibility index (Phi) is 3.07. The Hall–Kier alpha value is -0.870. The topological polar surface area (TPSA) is 49.2 Å². The van der Waals surface area contributed by atoms with Crippen molar-refractivity contribution < 1.29 is 5.11 Å². The van der Waals surface area contributed by atoms with Crippen LogP contribution in [0.25, 0.3) is 0 Å². The van der Waals surface area contributed by atoms with Gasteiger partial charge in [-0.15, -0.1) is 0 Å². The molecule has 0 saturated carbocycles. The van der Waals surface area contributed by atoms with Gasteiger partial charge in [-0.1, -0.05) is 6.92 Å². The maximum atomic E-state index is 9.66. The molecule has 0 bridgehead atoms. The maximum absolute atomic E-state index is 9.66. The second kappa shape index (κ2) is 4.33. The number of β-amino-alcohol motifs (C(OH)–C–C–N with tert-alkyl or cyclic N) is 1. The second-order valence-corrected chi connectivity index (χ2v) is 4.42. The number of anilines is 1. The summed E-state index contributed by atoms with van der Waals surface area (Å²) in [6.45, 7) is 3.65. The molecular formula is C10H14ClN3O. The molecule has 2 unspecified atom stereocenters. The monoisotopic (exact) mass is 227 g/mol. The first-order valence-electron chi connectivity index (χ1n) is 5.06. The van der Waals surface area contributed by atoms with Gasteiger partial charge in [0.2, 0.25) is 5.28 Å². The largest absolute Gasteiger partial charge is 0.391 e. The highest BCUT2D eigenvalue weighted by Gasteiger charge is 2.23. The third-order valence-corrected chi connectivity index (χ3v) is 2.76. The van der Waals surface area contributed by atoms with Gasteiger partial charge in [-0.3, -0.25) is 0 Å². The zero-order valence-corrected chi connectivity index (χ0v) is 9.35. The lowest BCUT2D eigenvalue weighted by atomic mass is 9.98. The molecule has 2 rings (SSSR count). The van der Waals surface area contributed by atoms with E-state index in [9.17, 15) is 5.11 Å². The normalized spacial score (nSPS) is 26.7. The molecule has 15 heavy (non-hydrogen) atoms. The Balaban J connectivity index is 2.16. The summed E-state index contributed by atoms with van der Waals surface area (Å²) in [5, 5.41) is 9.91. The second-order valence-electron chi connectivity index (χ2n) is 4.08. The van der Waals surface area contributed by atoms with Crippen LogP contribution in [0, 0.1) is 5.92 Å². The number of rotatable bonds is 1. The van der Waals surface area contributed by atoms with Crippen molar-refractivity contribution in [2.75, 3.05) is 18.0 Å². The first-order chi connectivity index (χ1) is 7.15. The van der Waals surface area contributed by atoms with Gasteiger partial charge in [0.1, 0.15) is 5.82 Å². The summed E-state index contributed by atoms with van der Waals surface area (Å²) in [5.41, 5.74) is 0. The van der Waals surface area contributed by atoms with Gasteiger partial charge in [0.25, 0.3) is 0 Å². The molecule has 5 heteroatoms. The average Bonchev–Trinajstić information content (AvgIpc) is 2.16. The van der Waals surface area contributed by atoms with E-state index >= 15 is 0 Å². The molecule has 1 saturated heterocycles. The number of aliphatic hydroxyl groups is 1. The van der Waals surface area contributed by atoms with Crippen LogP contribution < -0.4 is 4.90 Å². The zero-order valence-electron chi connectivity index (χ0n) is 8.60. The molecule has 1 aromatic heterocycles. The third kappa shape index (κ3) is 2.58. The van der Waals surface area contributed by atoms with Gasteiger partial charge in [0, 0.05) is 19.3 Å². The number of halogens is 1. The van der Waals surface area contributed by atoms with Gasteiger partial charge < -0.3 is 10.0 Å². The molecule has 1 N–H and O–H groups in total. The van der Waals surface area contributed by atoms with E-state index in [1.165, 1.54) is 0 Å². The summed E-state index contributed by atoms with van der Waals surface area (Å²) >= 11 is 5.73. The highest BCUT2D eigenvalue weighted by molar-refractivity contribution is 6.28. The molecule has 1 aliphatic heterocycles. The van der Waals surface area contributed by atoms with Gasteiger partial charge in [0.05, 0.1) is 6.10 Å². The van der Waals surface area contributed by atoms with Crippen LogP contribution in [0.4, 0.5) is 5.82 Å². The van der Waals surface area contributed by atoms with Crippen molar-refractivity contribution in [3.8, 4) is 0 Å². The molecule has 4 nitrogen and oxygen atoms in total. The Bertz CT molecular complexity index is 337. The molecule has 1 aromatic rings. The summed E-state index contributed by atoms with van der Waals surface area (Å²) in [4.78, 5) is 10.0. The molecule has 1 aliphatic rings. The van der Waals surface area contributed by atoms with E-state index in [-0.39, 0.29) is 11.4 Å². The lowest BCUT2D eigenvalue weighted by Crippen LogP contribution is -2.42. The van der Waals surface area contributed by atoms with Crippen LogP contribution in [0.1, 0.15) is 13.3 Å². The van der Waals surface area contributed by atoms with Crippen molar-refractivity contribution in [3.05, 3.63) is 17.5 Å². The summed E-state index contributed by atoms with van der Waals surface area (Å²) in [7, 11) is 0. The predicted octanol–water partition coefficient (Wildman–Crippen LogP) is 1.34. The molecule has 0 aromatic carbocycles. The standard InChI is InChI=1S/C10H14ClN3O/c1-7-4-8(15)6-14(5-7)9-2-3-12-10(11)13-9/h2-3,7-8,15H,4-6H2,1H3. The maximum Gasteiger partial charge on any atom is 0.224 e. The Morgan fingerprint density at radius 2 is 2.33 bits per heavy atom. The molecule has 1 fully saturated rings. The average molecular weight is 228 g/mol. The Morgan fingerprint density at radius 1 is 1.53 bits per heavy atom. The van der Waals surface area contributed by atoms with Crippen LogP contribution in [0.15, 0.2) is 12.3 Å². The number of nitrogens with zero attached hydrogens (tertiary/aromatic N) is 3. The predicted molar refractivity (Wildman–Crippen MR) is 59.0 cm³/mol. The molecule has 0 spiro atoms. The molecular weight excluding hydrogens is 214 g/mol. The first-order valence-corrected chi connectivity index (χ1v) is 5.44. The summed E-state index contributed by atoms with van der Waals surface area (Å²) in [6.07, 6.45) is 2.22. The van der Waals surface area contributed by atoms with Crippen molar-refractivity contribution in [2.24, 2.45) is 5.92 Å². The summed E-state index contributed by atoms with van der Waals surface area (Å²) < 4.78 is 0. The van der Waals surface area contributed by atoms with Crippen LogP contribution in [-0.4, -0.2) is 34.3 Å². The smallest absolute Gasteiger partial charge is 0.224 e. The van der Waals surface area contributed by atoms with Crippen LogP contribution in [0.3, 0.4) is 0 Å². The van der Waals surface area contributed by atoms with Crippen molar-refractivity contribution in [2.45, 2.75) is 19.4 Å². The van der Waals surface area contributed by atoms with E-state index in [2.05, 4.69) is 16.9 Å². The van der Waals surface area contributed by atoms with E-state index in [0.717, 1.165) is 18.8 Å². The van der Waals surface area contributed by atoms with Crippen molar-refractivity contribution in [1.82, 2.24) is 9.97 Å². The van der Waals surface area contributed by atoms with E-state index in [1.807, 2.05) is 11.0 Å². The van der Waals surface area contributed by atoms with E-state index < -0.39 is 0 Å². The van der Waals surface area contributed by atoms with Crippen LogP contribution >= 0.6 is 11.6 Å². The minimum absolute atomic E-state index is 0.250. The van der Waals surface area contributed by atoms with Crippen molar-refractivity contribution in [3.63, 3.8) is 0 Å². The van der Waals surface area contributed by atoms with E-state index in [4.69, 9.17) is 11.6 Å². The number of piperidine rings is 1. The summed E-state index contributed by atoms with van der Waals surface area (Å²) in [5.74, 6) is 1.27. The van der Waals surface area contributed by atoms with Gasteiger partial charge in [-0.25, -0.2) is 9.97 Å². The Morgan fingerprint density at radius 3 is 3.00 bits per heavy atom. The fourth-order valence-electron chi connectivity index (χ4n) is 2.01. The van der Waals surface area contributed by atoms with Crippen LogP contribution in [0.5, 0.6) is 0 Å². The Labute approximate surface area is 93.9 Å². The minimum Gasteiger partial charge on any atom is -0.391 e. The van der Waals surface area contributed by atoms with Crippen molar-refractivity contribution >= 4 is 17.4 Å². The highest BCUT2D eigenvalue weighted by Crippen LogP contribution is 2.21. The number of aromatic nitrogens is 2. The quantitative estimate of drug-likeness (QED) is 0.736. The fraction of sp³-hybridized carbons (Fsp3) is 0.600. The van der Waals surface area contributed by atoms with Gasteiger partial charge in [0.15, 0.2) is 0 Å². The van der Waals surface area contributed by atoms with Crippen molar-refractivity contribution in [1.29, 1.82) is 0 Å². The highest BCUT2D eigenvalue weighted by atomic mass is 35.5. The molecule has 2 heterocycles. The molecule has 82 valence electrons. The van der Waals surface area contributed by atoms with E-state index in [1.54, 1.807) is 6.20 Å². The number of hydrogen-bond acceptors (Lipinski definition) is 4. The third-order valence-electron chi connectivity index (χ3n) is 2.57. The van der Waals surface area contributed by atoms with Gasteiger partial charge in [-0.05, 0) is 30.0 Å². The molecule has 2 atom stereocenters. The summed E-state index contributed by atoms with van der Waals surface area (Å²) in [6, 6.07) is 1.82. The molecule has 0 aliphatic carbocycles. The SMILES string of the molecule is CC1CC(O)CN(c2ccnc(Cl)n2)C1. The molecule has 0 radical (unpaired) electrons. The first kappa shape index (κ1) is 10.6. The molecule has 0 amide bonds. The van der Waals surface area contributed by atoms with Crippen LogP contribution in [-0.2, 0) is 0 Å². The number of hydrogen-bond donors (Lipinski definition) is 1. The zero-order chi connectivity index (χ0) is 10.8. The minimum atomic E-state index is -0.275. The number of aliphatic hydroxyl groups excluding tert-OH is 1. The van der Waals surface area contributed by atoms with E-state index in [0.29, 0.717) is 12.5 Å². The van der Waals surface area contributed by atoms with Crippen LogP contribution in [0.2, 0.25) is 5.28 Å². The van der Waals surface area contributed by atoms with Gasteiger partial charge in [-0.2, -0.15) is 0 Å². The lowest BCUT2D eigenvalue weighted by molar-refractivity contribution is 0.132. The van der Waals surface area contributed by atoms with Gasteiger partial charge >= 0.3 is 0 Å². The lowest BCUT2D eigenvalue weighted by Gasteiger charge is -2.34.